The summed E-state index contributed by atoms with van der Waals surface area (Å²) in [7, 11) is 0. The number of nitrogens with one attached hydrogen (secondary N) is 1. The summed E-state index contributed by atoms with van der Waals surface area (Å²) in [5.74, 6) is -2.66. The van der Waals surface area contributed by atoms with E-state index < -0.39 is 17.7 Å². The van der Waals surface area contributed by atoms with Gasteiger partial charge in [-0.1, -0.05) is 0 Å². The number of esters is 2. The zero-order chi connectivity index (χ0) is 18.0. The van der Waals surface area contributed by atoms with Gasteiger partial charge in [0.2, 0.25) is 0 Å². The van der Waals surface area contributed by atoms with Crippen LogP contribution in [0.25, 0.3) is 0 Å². The van der Waals surface area contributed by atoms with E-state index in [2.05, 4.69) is 26.1 Å². The molecule has 1 N–H and O–H groups in total. The van der Waals surface area contributed by atoms with Crippen LogP contribution in [0.3, 0.4) is 0 Å². The summed E-state index contributed by atoms with van der Waals surface area (Å²) in [5.41, 5.74) is 1.62. The maximum atomic E-state index is 11.9. The molecule has 1 aromatic rings. The molecule has 25 heavy (non-hydrogen) atoms. The molecule has 0 bridgehead atoms. The van der Waals surface area contributed by atoms with Gasteiger partial charge in [-0.3, -0.25) is 0 Å². The number of halogens is 1. The third-order valence-electron chi connectivity index (χ3n) is 3.80. The second-order valence-electron chi connectivity index (χ2n) is 6.15. The number of hydrogen-bond acceptors (Lipinski definition) is 7. The molecule has 0 saturated carbocycles. The van der Waals surface area contributed by atoms with Gasteiger partial charge in [0.15, 0.2) is 5.57 Å². The smallest absolute Gasteiger partial charge is 0.350 e. The van der Waals surface area contributed by atoms with Gasteiger partial charge >= 0.3 is 11.9 Å². The third-order valence-corrected chi connectivity index (χ3v) is 4.43. The van der Waals surface area contributed by atoms with E-state index >= 15 is 0 Å². The molecule has 1 aromatic carbocycles. The predicted octanol–water partition coefficient (Wildman–Crippen LogP) is 2.42. The molecule has 2 aliphatic rings. The molecule has 0 spiro atoms. The van der Waals surface area contributed by atoms with E-state index in [-0.39, 0.29) is 5.57 Å². The lowest BCUT2D eigenvalue weighted by Gasteiger charge is -2.30. The standard InChI is InChI=1S/C17H19BrN2O5/c1-17(2)24-15(21)12(16(22)25-17)10-19-11-3-4-14(13(18)9-11)20-5-7-23-8-6-20/h3-4,9-10,19H,5-8H2,1-2H3. The summed E-state index contributed by atoms with van der Waals surface area (Å²) >= 11 is 3.56. The van der Waals surface area contributed by atoms with Crippen molar-refractivity contribution in [2.75, 3.05) is 36.5 Å². The predicted molar refractivity (Wildman–Crippen MR) is 95.1 cm³/mol. The number of cyclic esters (lactones) is 2. The quantitative estimate of drug-likeness (QED) is 0.465. The van der Waals surface area contributed by atoms with Gasteiger partial charge in [-0.25, -0.2) is 9.59 Å². The van der Waals surface area contributed by atoms with Crippen molar-refractivity contribution in [1.29, 1.82) is 0 Å². The van der Waals surface area contributed by atoms with E-state index in [1.54, 1.807) is 0 Å². The molecule has 8 heteroatoms. The first kappa shape index (κ1) is 17.8. The van der Waals surface area contributed by atoms with Gasteiger partial charge in [-0.2, -0.15) is 0 Å². The molecule has 2 aliphatic heterocycles. The second-order valence-corrected chi connectivity index (χ2v) is 7.00. The average Bonchev–Trinajstić information content (AvgIpc) is 2.54. The molecule has 0 radical (unpaired) electrons. The Hall–Kier alpha value is -2.06. The Labute approximate surface area is 154 Å². The first-order valence-corrected chi connectivity index (χ1v) is 8.71. The number of benzene rings is 1. The van der Waals surface area contributed by atoms with E-state index in [9.17, 15) is 9.59 Å². The van der Waals surface area contributed by atoms with Crippen LogP contribution in [-0.2, 0) is 23.8 Å². The van der Waals surface area contributed by atoms with E-state index in [4.69, 9.17) is 14.2 Å². The summed E-state index contributed by atoms with van der Waals surface area (Å²) in [6, 6.07) is 5.72. The van der Waals surface area contributed by atoms with Crippen molar-refractivity contribution in [1.82, 2.24) is 0 Å². The highest BCUT2D eigenvalue weighted by atomic mass is 79.9. The topological polar surface area (TPSA) is 77.1 Å². The third kappa shape index (κ3) is 4.13. The van der Waals surface area contributed by atoms with Crippen LogP contribution in [0, 0.1) is 0 Å². The molecule has 7 nitrogen and oxygen atoms in total. The number of ether oxygens (including phenoxy) is 3. The lowest BCUT2D eigenvalue weighted by Crippen LogP contribution is -2.42. The normalized spacial score (nSPS) is 20.0. The number of carbonyl (C=O) groups is 2. The van der Waals surface area contributed by atoms with E-state index in [1.807, 2.05) is 18.2 Å². The Kier molecular flexibility index (Phi) is 5.01. The van der Waals surface area contributed by atoms with E-state index in [0.29, 0.717) is 13.2 Å². The first-order valence-electron chi connectivity index (χ1n) is 7.91. The molecular formula is C17H19BrN2O5. The highest BCUT2D eigenvalue weighted by Crippen LogP contribution is 2.30. The Balaban J connectivity index is 1.72. The lowest BCUT2D eigenvalue weighted by molar-refractivity contribution is -0.222. The zero-order valence-corrected chi connectivity index (χ0v) is 15.6. The van der Waals surface area contributed by atoms with Crippen molar-refractivity contribution in [3.8, 4) is 0 Å². The van der Waals surface area contributed by atoms with Crippen molar-refractivity contribution in [3.05, 3.63) is 34.4 Å². The molecule has 0 amide bonds. The van der Waals surface area contributed by atoms with Crippen molar-refractivity contribution < 1.29 is 23.8 Å². The maximum absolute atomic E-state index is 11.9. The van der Waals surface area contributed by atoms with Crippen molar-refractivity contribution >= 4 is 39.2 Å². The van der Waals surface area contributed by atoms with Crippen LogP contribution in [0.5, 0.6) is 0 Å². The molecule has 3 rings (SSSR count). The Morgan fingerprint density at radius 2 is 1.80 bits per heavy atom. The van der Waals surface area contributed by atoms with Crippen LogP contribution in [0.4, 0.5) is 11.4 Å². The van der Waals surface area contributed by atoms with Crippen molar-refractivity contribution in [2.24, 2.45) is 0 Å². The van der Waals surface area contributed by atoms with Gasteiger partial charge in [0.25, 0.3) is 5.79 Å². The van der Waals surface area contributed by atoms with Crippen LogP contribution in [-0.4, -0.2) is 44.0 Å². The number of nitrogens with zero attached hydrogens (tertiary/aromatic N) is 1. The Morgan fingerprint density at radius 1 is 1.16 bits per heavy atom. The fourth-order valence-corrected chi connectivity index (χ4v) is 3.22. The second kappa shape index (κ2) is 7.05. The summed E-state index contributed by atoms with van der Waals surface area (Å²) in [6.45, 7) is 6.10. The van der Waals surface area contributed by atoms with E-state index in [0.717, 1.165) is 28.9 Å². The average molecular weight is 411 g/mol. The summed E-state index contributed by atoms with van der Waals surface area (Å²) in [6.07, 6.45) is 1.30. The zero-order valence-electron chi connectivity index (χ0n) is 14.0. The molecule has 2 heterocycles. The summed E-state index contributed by atoms with van der Waals surface area (Å²) in [4.78, 5) is 26.1. The van der Waals surface area contributed by atoms with Crippen LogP contribution >= 0.6 is 15.9 Å². The number of hydrogen-bond donors (Lipinski definition) is 1. The molecular weight excluding hydrogens is 392 g/mol. The highest BCUT2D eigenvalue weighted by molar-refractivity contribution is 9.10. The number of carbonyl (C=O) groups excluding carboxylic acids is 2. The largest absolute Gasteiger partial charge is 0.419 e. The van der Waals surface area contributed by atoms with Gasteiger partial charge in [0.05, 0.1) is 18.9 Å². The molecule has 0 aromatic heterocycles. The van der Waals surface area contributed by atoms with Gasteiger partial charge < -0.3 is 24.4 Å². The van der Waals surface area contributed by atoms with Gasteiger partial charge in [-0.05, 0) is 34.1 Å². The monoisotopic (exact) mass is 410 g/mol. The van der Waals surface area contributed by atoms with Crippen LogP contribution in [0.15, 0.2) is 34.4 Å². The van der Waals surface area contributed by atoms with Gasteiger partial charge in [-0.15, -0.1) is 0 Å². The first-order chi connectivity index (χ1) is 11.9. The maximum Gasteiger partial charge on any atom is 0.350 e. The van der Waals surface area contributed by atoms with Crippen molar-refractivity contribution in [2.45, 2.75) is 19.6 Å². The van der Waals surface area contributed by atoms with Gasteiger partial charge in [0.1, 0.15) is 0 Å². The molecule has 0 unspecified atom stereocenters. The fraction of sp³-hybridized carbons (Fsp3) is 0.412. The minimum atomic E-state index is -1.24. The van der Waals surface area contributed by atoms with Gasteiger partial charge in [0, 0.05) is 43.3 Å². The summed E-state index contributed by atoms with van der Waals surface area (Å²) < 4.78 is 16.4. The van der Waals surface area contributed by atoms with Crippen molar-refractivity contribution in [3.63, 3.8) is 0 Å². The molecule has 2 saturated heterocycles. The molecule has 0 atom stereocenters. The number of rotatable bonds is 3. The highest BCUT2D eigenvalue weighted by Gasteiger charge is 2.38. The lowest BCUT2D eigenvalue weighted by atomic mass is 10.2. The minimum Gasteiger partial charge on any atom is -0.419 e. The number of anilines is 2. The SMILES string of the molecule is CC1(C)OC(=O)C(=CNc2ccc(N3CCOCC3)c(Br)c2)C(=O)O1. The van der Waals surface area contributed by atoms with Crippen LogP contribution in [0.1, 0.15) is 13.8 Å². The Bertz CT molecular complexity index is 704. The molecule has 134 valence electrons. The fourth-order valence-electron chi connectivity index (χ4n) is 2.59. The van der Waals surface area contributed by atoms with Crippen LogP contribution < -0.4 is 10.2 Å². The Morgan fingerprint density at radius 3 is 2.40 bits per heavy atom. The summed E-state index contributed by atoms with van der Waals surface area (Å²) in [5, 5.41) is 2.94. The minimum absolute atomic E-state index is 0.173. The van der Waals surface area contributed by atoms with E-state index in [1.165, 1.54) is 20.0 Å². The van der Waals surface area contributed by atoms with Crippen LogP contribution in [0.2, 0.25) is 0 Å². The number of morpholine rings is 1. The molecule has 0 aliphatic carbocycles. The molecule has 2 fully saturated rings.